The molecule has 2 radical (unpaired) electrons. The van der Waals surface area contributed by atoms with Crippen molar-refractivity contribution < 1.29 is 9.59 Å². The maximum absolute atomic E-state index is 11.1. The number of imide groups is 1. The van der Waals surface area contributed by atoms with Crippen molar-refractivity contribution in [3.63, 3.8) is 0 Å². The van der Waals surface area contributed by atoms with Gasteiger partial charge in [-0.1, -0.05) is 13.3 Å². The molecular formula is C8H10BNO2. The van der Waals surface area contributed by atoms with Gasteiger partial charge in [0.05, 0.1) is 0 Å². The summed E-state index contributed by atoms with van der Waals surface area (Å²) < 4.78 is 0. The van der Waals surface area contributed by atoms with E-state index < -0.39 is 0 Å². The van der Waals surface area contributed by atoms with E-state index in [0.29, 0.717) is 6.54 Å². The first-order chi connectivity index (χ1) is 5.66. The maximum Gasteiger partial charge on any atom is 0.252 e. The average molecular weight is 163 g/mol. The Bertz CT molecular complexity index is 247. The predicted molar refractivity (Wildman–Crippen MR) is 45.5 cm³/mol. The first-order valence-corrected chi connectivity index (χ1v) is 3.99. The molecule has 0 unspecified atom stereocenters. The zero-order valence-electron chi connectivity index (χ0n) is 7.04. The first-order valence-electron chi connectivity index (χ1n) is 3.99. The molecule has 3 nitrogen and oxygen atoms in total. The normalized spacial score (nSPS) is 17.1. The summed E-state index contributed by atoms with van der Waals surface area (Å²) in [6, 6.07) is 0. The second-order valence-electron chi connectivity index (χ2n) is 2.75. The minimum atomic E-state index is -0.353. The van der Waals surface area contributed by atoms with Crippen LogP contribution >= 0.6 is 0 Å². The van der Waals surface area contributed by atoms with Crippen molar-refractivity contribution in [2.24, 2.45) is 0 Å². The van der Waals surface area contributed by atoms with Gasteiger partial charge in [0, 0.05) is 12.6 Å². The van der Waals surface area contributed by atoms with Crippen molar-refractivity contribution in [3.05, 3.63) is 11.5 Å². The lowest BCUT2D eigenvalue weighted by Crippen LogP contribution is -2.31. The molecule has 1 rings (SSSR count). The summed E-state index contributed by atoms with van der Waals surface area (Å²) in [5, 5.41) is 0. The van der Waals surface area contributed by atoms with Crippen LogP contribution in [-0.2, 0) is 9.59 Å². The SMILES string of the molecule is [B]C1=CC(=O)N(CCCC)C1=O. The van der Waals surface area contributed by atoms with Gasteiger partial charge in [0.1, 0.15) is 7.85 Å². The third kappa shape index (κ3) is 1.57. The number of amides is 2. The Kier molecular flexibility index (Phi) is 2.68. The molecule has 0 aromatic rings. The van der Waals surface area contributed by atoms with Crippen LogP contribution < -0.4 is 0 Å². The summed E-state index contributed by atoms with van der Waals surface area (Å²) in [5.74, 6) is -0.639. The molecule has 1 aliphatic heterocycles. The fourth-order valence-electron chi connectivity index (χ4n) is 1.06. The number of hydrogen-bond donors (Lipinski definition) is 0. The van der Waals surface area contributed by atoms with Crippen LogP contribution in [0.4, 0.5) is 0 Å². The van der Waals surface area contributed by atoms with E-state index >= 15 is 0 Å². The van der Waals surface area contributed by atoms with Gasteiger partial charge in [-0.15, -0.1) is 0 Å². The average Bonchev–Trinajstić information content (AvgIpc) is 2.25. The monoisotopic (exact) mass is 163 g/mol. The fraction of sp³-hybridized carbons (Fsp3) is 0.500. The van der Waals surface area contributed by atoms with Crippen LogP contribution in [0.15, 0.2) is 11.5 Å². The summed E-state index contributed by atoms with van der Waals surface area (Å²) in [4.78, 5) is 23.4. The minimum Gasteiger partial charge on any atom is -0.276 e. The third-order valence-corrected chi connectivity index (χ3v) is 1.77. The number of unbranched alkanes of at least 4 members (excludes halogenated alkanes) is 1. The molecule has 0 aromatic carbocycles. The molecule has 1 aliphatic rings. The molecule has 62 valence electrons. The van der Waals surface area contributed by atoms with E-state index in [0.717, 1.165) is 12.8 Å². The van der Waals surface area contributed by atoms with Crippen molar-refractivity contribution in [1.82, 2.24) is 4.90 Å². The molecule has 1 heterocycles. The molecule has 4 heteroatoms. The van der Waals surface area contributed by atoms with Crippen molar-refractivity contribution in [2.45, 2.75) is 19.8 Å². The highest BCUT2D eigenvalue weighted by Crippen LogP contribution is 2.10. The number of carbonyl (C=O) groups is 2. The Morgan fingerprint density at radius 1 is 1.50 bits per heavy atom. The summed E-state index contributed by atoms with van der Waals surface area (Å²) >= 11 is 0. The molecule has 0 fully saturated rings. The molecule has 0 spiro atoms. The lowest BCUT2D eigenvalue weighted by Gasteiger charge is -2.13. The molecule has 0 aromatic heterocycles. The van der Waals surface area contributed by atoms with Gasteiger partial charge in [0.25, 0.3) is 5.91 Å². The predicted octanol–water partition coefficient (Wildman–Crippen LogP) is 0.208. The summed E-state index contributed by atoms with van der Waals surface area (Å²) in [5.41, 5.74) is 0.0519. The van der Waals surface area contributed by atoms with Gasteiger partial charge in [-0.05, 0) is 11.9 Å². The molecule has 0 N–H and O–H groups in total. The van der Waals surface area contributed by atoms with E-state index in [4.69, 9.17) is 7.85 Å². The van der Waals surface area contributed by atoms with Gasteiger partial charge >= 0.3 is 0 Å². The number of rotatable bonds is 3. The van der Waals surface area contributed by atoms with Crippen LogP contribution in [0.2, 0.25) is 0 Å². The lowest BCUT2D eigenvalue weighted by atomic mass is 9.96. The summed E-state index contributed by atoms with van der Waals surface area (Å²) in [6.45, 7) is 2.48. The Hall–Kier alpha value is -1.06. The zero-order valence-corrected chi connectivity index (χ0v) is 7.04. The van der Waals surface area contributed by atoms with Gasteiger partial charge in [-0.2, -0.15) is 0 Å². The highest BCUT2D eigenvalue weighted by molar-refractivity contribution is 6.42. The molecule has 0 aliphatic carbocycles. The largest absolute Gasteiger partial charge is 0.276 e. The highest BCUT2D eigenvalue weighted by atomic mass is 16.2. The van der Waals surface area contributed by atoms with Crippen LogP contribution in [0.1, 0.15) is 19.8 Å². The standard InChI is InChI=1S/C8H10BNO2/c1-2-3-4-10-7(11)5-6(9)8(10)12/h5H,2-4H2,1H3. The minimum absolute atomic E-state index is 0.0519. The van der Waals surface area contributed by atoms with E-state index in [1.54, 1.807) is 0 Å². The second-order valence-corrected chi connectivity index (χ2v) is 2.75. The van der Waals surface area contributed by atoms with Gasteiger partial charge < -0.3 is 0 Å². The number of hydrogen-bond acceptors (Lipinski definition) is 2. The summed E-state index contributed by atoms with van der Waals surface area (Å²) in [7, 11) is 5.28. The Morgan fingerprint density at radius 2 is 2.17 bits per heavy atom. The fourth-order valence-corrected chi connectivity index (χ4v) is 1.06. The summed E-state index contributed by atoms with van der Waals surface area (Å²) in [6.07, 6.45) is 2.97. The van der Waals surface area contributed by atoms with Crippen molar-refractivity contribution in [1.29, 1.82) is 0 Å². The first kappa shape index (κ1) is 9.04. The molecule has 2 amide bonds. The maximum atomic E-state index is 11.1. The van der Waals surface area contributed by atoms with Gasteiger partial charge in [0.15, 0.2) is 0 Å². The van der Waals surface area contributed by atoms with Crippen LogP contribution in [-0.4, -0.2) is 31.1 Å². The van der Waals surface area contributed by atoms with Crippen LogP contribution in [0.25, 0.3) is 0 Å². The highest BCUT2D eigenvalue weighted by Gasteiger charge is 2.26. The molecule has 0 bridgehead atoms. The van der Waals surface area contributed by atoms with Crippen LogP contribution in [0.5, 0.6) is 0 Å². The van der Waals surface area contributed by atoms with Crippen LogP contribution in [0, 0.1) is 0 Å². The van der Waals surface area contributed by atoms with Crippen molar-refractivity contribution >= 4 is 19.7 Å². The Morgan fingerprint density at radius 3 is 2.58 bits per heavy atom. The molecule has 12 heavy (non-hydrogen) atoms. The Balaban J connectivity index is 2.58. The van der Waals surface area contributed by atoms with Crippen molar-refractivity contribution in [3.8, 4) is 0 Å². The van der Waals surface area contributed by atoms with Crippen LogP contribution in [0.3, 0.4) is 0 Å². The van der Waals surface area contributed by atoms with E-state index in [-0.39, 0.29) is 17.3 Å². The number of carbonyl (C=O) groups excluding carboxylic acids is 2. The zero-order chi connectivity index (χ0) is 9.14. The number of nitrogens with zero attached hydrogens (tertiary/aromatic N) is 1. The third-order valence-electron chi connectivity index (χ3n) is 1.77. The van der Waals surface area contributed by atoms with E-state index in [1.807, 2.05) is 6.92 Å². The van der Waals surface area contributed by atoms with E-state index in [2.05, 4.69) is 0 Å². The van der Waals surface area contributed by atoms with E-state index in [9.17, 15) is 9.59 Å². The molecule has 0 atom stereocenters. The molecule has 0 saturated carbocycles. The quantitative estimate of drug-likeness (QED) is 0.440. The van der Waals surface area contributed by atoms with E-state index in [1.165, 1.54) is 11.0 Å². The molecular weight excluding hydrogens is 153 g/mol. The Labute approximate surface area is 72.8 Å². The smallest absolute Gasteiger partial charge is 0.252 e. The van der Waals surface area contributed by atoms with Gasteiger partial charge in [-0.25, -0.2) is 0 Å². The topological polar surface area (TPSA) is 37.4 Å². The second kappa shape index (κ2) is 3.56. The lowest BCUT2D eigenvalue weighted by molar-refractivity contribution is -0.136. The van der Waals surface area contributed by atoms with Gasteiger partial charge in [-0.3, -0.25) is 14.5 Å². The van der Waals surface area contributed by atoms with Gasteiger partial charge in [0.2, 0.25) is 5.91 Å². The molecule has 0 saturated heterocycles. The van der Waals surface area contributed by atoms with Crippen molar-refractivity contribution in [2.75, 3.05) is 6.54 Å².